The third-order valence-corrected chi connectivity index (χ3v) is 0.700. The molecule has 0 aliphatic heterocycles. The van der Waals surface area contributed by atoms with Crippen molar-refractivity contribution in [1.82, 2.24) is 0 Å². The van der Waals surface area contributed by atoms with E-state index < -0.39 is 0 Å². The first-order valence-corrected chi connectivity index (χ1v) is 2.32. The van der Waals surface area contributed by atoms with Crippen molar-refractivity contribution in [2.75, 3.05) is 13.7 Å². The Labute approximate surface area is 79.6 Å². The zero-order chi connectivity index (χ0) is 5.70. The van der Waals surface area contributed by atoms with Crippen LogP contribution in [0, 0.1) is 0 Å². The minimum atomic E-state index is 0. The quantitative estimate of drug-likeness (QED) is 0.508. The van der Waals surface area contributed by atoms with E-state index in [1.807, 2.05) is 6.92 Å². The molecule has 0 spiro atoms. The molecule has 0 N–H and O–H groups in total. The number of carbonyl (C=O) groups excluding carboxylic acids is 1. The molecule has 0 aromatic rings. The summed E-state index contributed by atoms with van der Waals surface area (Å²) in [6.07, 6.45) is 0.577. The second-order valence-electron chi connectivity index (χ2n) is 1.33. The van der Waals surface area contributed by atoms with Crippen LogP contribution in [0.3, 0.4) is 0 Å². The van der Waals surface area contributed by atoms with Gasteiger partial charge in [0.15, 0.2) is 5.78 Å². The average molecular weight is 144 g/mol. The van der Waals surface area contributed by atoms with E-state index >= 15 is 0 Å². The van der Waals surface area contributed by atoms with Gasteiger partial charge in [-0.1, -0.05) is 6.92 Å². The van der Waals surface area contributed by atoms with Crippen molar-refractivity contribution >= 4 is 43.5 Å². The molecule has 3 heteroatoms. The zero-order valence-electron chi connectivity index (χ0n) is 4.73. The molecule has 0 fully saturated rings. The van der Waals surface area contributed by atoms with Crippen LogP contribution in [-0.2, 0) is 9.53 Å². The van der Waals surface area contributed by atoms with E-state index in [4.69, 9.17) is 0 Å². The van der Waals surface area contributed by atoms with E-state index in [9.17, 15) is 4.79 Å². The summed E-state index contributed by atoms with van der Waals surface area (Å²) < 4.78 is 4.54. The predicted molar refractivity (Wildman–Crippen MR) is 35.7 cm³/mol. The normalized spacial score (nSPS) is 7.75. The summed E-state index contributed by atoms with van der Waals surface area (Å²) in [6.45, 7) is 2.08. The molecule has 0 aliphatic rings. The summed E-state index contributed by atoms with van der Waals surface area (Å²) in [4.78, 5) is 10.3. The molecule has 0 aromatic heterocycles. The van der Waals surface area contributed by atoms with E-state index in [1.165, 1.54) is 7.11 Å². The van der Waals surface area contributed by atoms with Crippen LogP contribution < -0.4 is 0 Å². The zero-order valence-corrected chi connectivity index (χ0v) is 4.73. The van der Waals surface area contributed by atoms with Crippen molar-refractivity contribution in [2.24, 2.45) is 0 Å². The van der Waals surface area contributed by atoms with Crippen LogP contribution in [0.2, 0.25) is 0 Å². The number of ether oxygens (including phenoxy) is 1. The molecule has 2 nitrogen and oxygen atoms in total. The predicted octanol–water partition coefficient (Wildman–Crippen LogP) is -0.304. The van der Waals surface area contributed by atoms with Crippen molar-refractivity contribution in [1.29, 1.82) is 0 Å². The molecule has 46 valence electrons. The first-order valence-electron chi connectivity index (χ1n) is 2.32. The third kappa shape index (κ3) is 6.89. The van der Waals surface area contributed by atoms with Gasteiger partial charge in [-0.15, -0.1) is 0 Å². The molecule has 0 bridgehead atoms. The van der Waals surface area contributed by atoms with Gasteiger partial charge < -0.3 is 4.74 Å². The molecule has 0 unspecified atom stereocenters. The number of hydrogen-bond donors (Lipinski definition) is 0. The van der Waals surface area contributed by atoms with Gasteiger partial charge >= 0.3 is 37.7 Å². The standard InChI is InChI=1S/C5H10O2.Ca.2H/c1-3-5(6)4-7-2;;;/h3-4H2,1-2H3;;;. The van der Waals surface area contributed by atoms with Gasteiger partial charge in [0.05, 0.1) is 0 Å². The van der Waals surface area contributed by atoms with Gasteiger partial charge in [0.1, 0.15) is 6.61 Å². The monoisotopic (exact) mass is 144 g/mol. The number of ketones is 1. The first-order chi connectivity index (χ1) is 3.31. The van der Waals surface area contributed by atoms with Crippen LogP contribution in [0.15, 0.2) is 0 Å². The van der Waals surface area contributed by atoms with Gasteiger partial charge in [0, 0.05) is 13.5 Å². The average Bonchev–Trinajstić information content (AvgIpc) is 1.68. The molecule has 0 aromatic carbocycles. The molecule has 0 heterocycles. The molecule has 0 rings (SSSR count). The summed E-state index contributed by atoms with van der Waals surface area (Å²) in [5.41, 5.74) is 0. The van der Waals surface area contributed by atoms with Crippen LogP contribution in [-0.4, -0.2) is 57.2 Å². The second-order valence-corrected chi connectivity index (χ2v) is 1.33. The fraction of sp³-hybridized carbons (Fsp3) is 0.800. The van der Waals surface area contributed by atoms with Gasteiger partial charge in [0.25, 0.3) is 0 Å². The Kier molecular flexibility index (Phi) is 11.5. The Bertz CT molecular complexity index is 63.4. The van der Waals surface area contributed by atoms with Crippen molar-refractivity contribution in [3.8, 4) is 0 Å². The van der Waals surface area contributed by atoms with Crippen LogP contribution >= 0.6 is 0 Å². The summed E-state index contributed by atoms with van der Waals surface area (Å²) in [6, 6.07) is 0. The molecule has 0 saturated carbocycles. The first kappa shape index (κ1) is 11.7. The minimum absolute atomic E-state index is 0. The molecule has 0 saturated heterocycles. The van der Waals surface area contributed by atoms with E-state index in [0.717, 1.165) is 0 Å². The molecule has 0 amide bonds. The maximum absolute atomic E-state index is 10.3. The van der Waals surface area contributed by atoms with E-state index in [1.54, 1.807) is 0 Å². The third-order valence-electron chi connectivity index (χ3n) is 0.700. The summed E-state index contributed by atoms with van der Waals surface area (Å²) in [7, 11) is 1.52. The summed E-state index contributed by atoms with van der Waals surface area (Å²) >= 11 is 0. The van der Waals surface area contributed by atoms with Crippen LogP contribution in [0.25, 0.3) is 0 Å². The number of carbonyl (C=O) groups is 1. The van der Waals surface area contributed by atoms with Crippen LogP contribution in [0.1, 0.15) is 13.3 Å². The fourth-order valence-electron chi connectivity index (χ4n) is 0.263. The van der Waals surface area contributed by atoms with E-state index in [2.05, 4.69) is 4.74 Å². The topological polar surface area (TPSA) is 26.3 Å². The molecule has 0 aliphatic carbocycles. The summed E-state index contributed by atoms with van der Waals surface area (Å²) in [5.74, 6) is 0.155. The van der Waals surface area contributed by atoms with Gasteiger partial charge in [-0.05, 0) is 0 Å². The van der Waals surface area contributed by atoms with Gasteiger partial charge in [0.2, 0.25) is 0 Å². The van der Waals surface area contributed by atoms with E-state index in [-0.39, 0.29) is 50.1 Å². The van der Waals surface area contributed by atoms with Gasteiger partial charge in [-0.25, -0.2) is 0 Å². The number of Topliss-reactive ketones (excluding diaryl/α,β-unsaturated/α-hetero) is 1. The summed E-state index contributed by atoms with van der Waals surface area (Å²) in [5, 5.41) is 0. The molecular formula is C5H12CaO2. The molecular weight excluding hydrogens is 132 g/mol. The number of methoxy groups -OCH3 is 1. The number of hydrogen-bond acceptors (Lipinski definition) is 2. The van der Waals surface area contributed by atoms with Crippen molar-refractivity contribution < 1.29 is 9.53 Å². The Morgan fingerprint density at radius 2 is 2.12 bits per heavy atom. The number of rotatable bonds is 3. The van der Waals surface area contributed by atoms with Crippen molar-refractivity contribution in [2.45, 2.75) is 13.3 Å². The molecule has 0 atom stereocenters. The van der Waals surface area contributed by atoms with Crippen molar-refractivity contribution in [3.63, 3.8) is 0 Å². The molecule has 8 heavy (non-hydrogen) atoms. The Hall–Kier alpha value is 0.890. The van der Waals surface area contributed by atoms with Crippen molar-refractivity contribution in [3.05, 3.63) is 0 Å². The van der Waals surface area contributed by atoms with Crippen LogP contribution in [0.4, 0.5) is 0 Å². The van der Waals surface area contributed by atoms with E-state index in [0.29, 0.717) is 6.42 Å². The maximum atomic E-state index is 10.3. The SMILES string of the molecule is CCC(=O)COC.[CaH2]. The second kappa shape index (κ2) is 7.89. The van der Waals surface area contributed by atoms with Gasteiger partial charge in [-0.2, -0.15) is 0 Å². The van der Waals surface area contributed by atoms with Gasteiger partial charge in [-0.3, -0.25) is 4.79 Å². The Morgan fingerprint density at radius 1 is 1.62 bits per heavy atom. The fourth-order valence-corrected chi connectivity index (χ4v) is 0.263. The van der Waals surface area contributed by atoms with Crippen LogP contribution in [0.5, 0.6) is 0 Å². The Morgan fingerprint density at radius 3 is 2.25 bits per heavy atom. The Balaban J connectivity index is 0. The molecule has 0 radical (unpaired) electrons.